The summed E-state index contributed by atoms with van der Waals surface area (Å²) in [5, 5.41) is 3.18. The van der Waals surface area contributed by atoms with Crippen LogP contribution in [0.2, 0.25) is 0 Å². The van der Waals surface area contributed by atoms with Crippen molar-refractivity contribution in [1.82, 2.24) is 9.13 Å². The van der Waals surface area contributed by atoms with Crippen LogP contribution in [0.1, 0.15) is 19.4 Å². The molecule has 0 fully saturated rings. The molecule has 4 aromatic rings. The second kappa shape index (κ2) is 10.4. The Balaban J connectivity index is 1.87. The van der Waals surface area contributed by atoms with Gasteiger partial charge in [-0.1, -0.05) is 25.1 Å². The molecule has 4 rings (SSSR count). The van der Waals surface area contributed by atoms with E-state index in [1.807, 2.05) is 0 Å². The van der Waals surface area contributed by atoms with Crippen molar-refractivity contribution in [1.29, 1.82) is 0 Å². The zero-order valence-electron chi connectivity index (χ0n) is 20.5. The summed E-state index contributed by atoms with van der Waals surface area (Å²) in [5.41, 5.74) is 0.103. The largest absolute Gasteiger partial charge is 0.497 e. The van der Waals surface area contributed by atoms with Gasteiger partial charge in [0.2, 0.25) is 5.91 Å². The summed E-state index contributed by atoms with van der Waals surface area (Å²) in [6.45, 7) is 1.81. The van der Waals surface area contributed by atoms with Crippen LogP contribution < -0.4 is 30.8 Å². The molecule has 0 saturated carbocycles. The van der Waals surface area contributed by atoms with Gasteiger partial charge in [0.15, 0.2) is 11.5 Å². The van der Waals surface area contributed by atoms with E-state index in [1.54, 1.807) is 73.7 Å². The Bertz CT molecular complexity index is 1540. The Hall–Kier alpha value is -4.53. The number of benzene rings is 3. The number of hydrogen-bond acceptors (Lipinski definition) is 6. The van der Waals surface area contributed by atoms with E-state index in [0.29, 0.717) is 45.9 Å². The maximum absolute atomic E-state index is 13.8. The standard InChI is InChI=1S/C27H27N3O6/c1-5-21(25(31)28-17-13-14-23(35-3)24(15-17)36-4)30-22-12-7-6-11-20(22)26(32)29(27(30)33)18-9-8-10-19(16-18)34-2/h6-16,21H,5H2,1-4H3,(H,28,31). The van der Waals surface area contributed by atoms with Gasteiger partial charge in [-0.15, -0.1) is 0 Å². The third-order valence-electron chi connectivity index (χ3n) is 5.96. The van der Waals surface area contributed by atoms with Crippen molar-refractivity contribution in [2.45, 2.75) is 19.4 Å². The van der Waals surface area contributed by atoms with Crippen LogP contribution >= 0.6 is 0 Å². The summed E-state index contributed by atoms with van der Waals surface area (Å²) in [6, 6.07) is 17.5. The normalized spacial score (nSPS) is 11.7. The number of ether oxygens (including phenoxy) is 3. The van der Waals surface area contributed by atoms with E-state index in [1.165, 1.54) is 25.9 Å². The first-order valence-corrected chi connectivity index (χ1v) is 11.4. The lowest BCUT2D eigenvalue weighted by Crippen LogP contribution is -2.43. The number of carbonyl (C=O) groups is 1. The summed E-state index contributed by atoms with van der Waals surface area (Å²) in [5.74, 6) is 1.07. The molecule has 0 bridgehead atoms. The van der Waals surface area contributed by atoms with Crippen LogP contribution in [-0.2, 0) is 4.79 Å². The zero-order valence-corrected chi connectivity index (χ0v) is 20.5. The Morgan fingerprint density at radius 3 is 2.33 bits per heavy atom. The summed E-state index contributed by atoms with van der Waals surface area (Å²) in [4.78, 5) is 40.7. The second-order valence-electron chi connectivity index (χ2n) is 7.99. The molecule has 1 atom stereocenters. The number of methoxy groups -OCH3 is 3. The molecule has 1 amide bonds. The van der Waals surface area contributed by atoms with E-state index in [4.69, 9.17) is 14.2 Å². The molecule has 9 nitrogen and oxygen atoms in total. The number of hydrogen-bond donors (Lipinski definition) is 1. The highest BCUT2D eigenvalue weighted by atomic mass is 16.5. The molecule has 0 spiro atoms. The molecule has 36 heavy (non-hydrogen) atoms. The molecule has 0 aliphatic rings. The molecule has 3 aromatic carbocycles. The van der Waals surface area contributed by atoms with Crippen LogP contribution in [0, 0.1) is 0 Å². The van der Waals surface area contributed by atoms with E-state index < -0.39 is 23.2 Å². The van der Waals surface area contributed by atoms with Gasteiger partial charge in [0.1, 0.15) is 11.8 Å². The van der Waals surface area contributed by atoms with Crippen molar-refractivity contribution in [2.24, 2.45) is 0 Å². The summed E-state index contributed by atoms with van der Waals surface area (Å²) in [6.07, 6.45) is 0.305. The molecule has 1 unspecified atom stereocenters. The number of para-hydroxylation sites is 1. The van der Waals surface area contributed by atoms with Crippen LogP contribution in [0.15, 0.2) is 76.3 Å². The predicted molar refractivity (Wildman–Crippen MR) is 138 cm³/mol. The van der Waals surface area contributed by atoms with E-state index in [9.17, 15) is 14.4 Å². The lowest BCUT2D eigenvalue weighted by Gasteiger charge is -2.22. The van der Waals surface area contributed by atoms with Crippen LogP contribution in [0.5, 0.6) is 17.2 Å². The number of nitrogens with zero attached hydrogens (tertiary/aromatic N) is 2. The van der Waals surface area contributed by atoms with Crippen LogP contribution in [0.25, 0.3) is 16.6 Å². The summed E-state index contributed by atoms with van der Waals surface area (Å²) >= 11 is 0. The fraction of sp³-hybridized carbons (Fsp3) is 0.222. The van der Waals surface area contributed by atoms with Gasteiger partial charge >= 0.3 is 5.69 Å². The highest BCUT2D eigenvalue weighted by Crippen LogP contribution is 2.30. The van der Waals surface area contributed by atoms with Gasteiger partial charge in [-0.05, 0) is 42.8 Å². The van der Waals surface area contributed by atoms with Gasteiger partial charge < -0.3 is 19.5 Å². The number of aromatic nitrogens is 2. The molecule has 0 saturated heterocycles. The van der Waals surface area contributed by atoms with Crippen molar-refractivity contribution in [3.05, 3.63) is 87.6 Å². The quantitative estimate of drug-likeness (QED) is 0.404. The summed E-state index contributed by atoms with van der Waals surface area (Å²) in [7, 11) is 4.54. The van der Waals surface area contributed by atoms with E-state index >= 15 is 0 Å². The minimum atomic E-state index is -0.895. The van der Waals surface area contributed by atoms with Crippen molar-refractivity contribution in [3.8, 4) is 22.9 Å². The molecule has 0 aliphatic heterocycles. The fourth-order valence-corrected chi connectivity index (χ4v) is 4.19. The first-order chi connectivity index (χ1) is 17.4. The number of rotatable bonds is 8. The second-order valence-corrected chi connectivity index (χ2v) is 7.99. The van der Waals surface area contributed by atoms with Gasteiger partial charge in [-0.25, -0.2) is 9.36 Å². The number of carbonyl (C=O) groups excluding carboxylic acids is 1. The Morgan fingerprint density at radius 1 is 0.889 bits per heavy atom. The lowest BCUT2D eigenvalue weighted by molar-refractivity contribution is -0.119. The van der Waals surface area contributed by atoms with Crippen molar-refractivity contribution in [3.63, 3.8) is 0 Å². The third-order valence-corrected chi connectivity index (χ3v) is 5.96. The highest BCUT2D eigenvalue weighted by molar-refractivity contribution is 5.95. The minimum Gasteiger partial charge on any atom is -0.497 e. The van der Waals surface area contributed by atoms with Crippen LogP contribution in [0.4, 0.5) is 5.69 Å². The molecule has 0 radical (unpaired) electrons. The van der Waals surface area contributed by atoms with Gasteiger partial charge in [-0.3, -0.25) is 14.2 Å². The molecule has 1 heterocycles. The van der Waals surface area contributed by atoms with Gasteiger partial charge in [-0.2, -0.15) is 0 Å². The maximum Gasteiger partial charge on any atom is 0.336 e. The molecule has 1 aromatic heterocycles. The Kier molecular flexibility index (Phi) is 7.10. The number of anilines is 1. The SMILES string of the molecule is CCC(C(=O)Nc1ccc(OC)c(OC)c1)n1c(=O)n(-c2cccc(OC)c2)c(=O)c2ccccc21. The van der Waals surface area contributed by atoms with Gasteiger partial charge in [0.05, 0.1) is 37.9 Å². The van der Waals surface area contributed by atoms with Crippen LogP contribution in [-0.4, -0.2) is 36.4 Å². The average Bonchev–Trinajstić information content (AvgIpc) is 2.91. The van der Waals surface area contributed by atoms with Gasteiger partial charge in [0, 0.05) is 17.8 Å². The summed E-state index contributed by atoms with van der Waals surface area (Å²) < 4.78 is 18.3. The molecule has 9 heteroatoms. The smallest absolute Gasteiger partial charge is 0.336 e. The predicted octanol–water partition coefficient (Wildman–Crippen LogP) is 3.77. The fourth-order valence-electron chi connectivity index (χ4n) is 4.19. The molecular formula is C27H27N3O6. The average molecular weight is 490 g/mol. The zero-order chi connectivity index (χ0) is 25.8. The molecule has 0 aliphatic carbocycles. The van der Waals surface area contributed by atoms with Crippen molar-refractivity contribution < 1.29 is 19.0 Å². The van der Waals surface area contributed by atoms with E-state index in [0.717, 1.165) is 4.57 Å². The lowest BCUT2D eigenvalue weighted by atomic mass is 10.1. The van der Waals surface area contributed by atoms with E-state index in [-0.39, 0.29) is 0 Å². The Morgan fingerprint density at radius 2 is 1.64 bits per heavy atom. The number of amides is 1. The van der Waals surface area contributed by atoms with E-state index in [2.05, 4.69) is 5.32 Å². The monoisotopic (exact) mass is 489 g/mol. The highest BCUT2D eigenvalue weighted by Gasteiger charge is 2.25. The maximum atomic E-state index is 13.8. The molecule has 1 N–H and O–H groups in total. The number of fused-ring (bicyclic) bond motifs is 1. The third kappa shape index (κ3) is 4.43. The molecular weight excluding hydrogens is 462 g/mol. The number of nitrogens with one attached hydrogen (secondary N) is 1. The Labute approximate surface area is 207 Å². The van der Waals surface area contributed by atoms with Gasteiger partial charge in [0.25, 0.3) is 5.56 Å². The van der Waals surface area contributed by atoms with Crippen molar-refractivity contribution >= 4 is 22.5 Å². The minimum absolute atomic E-state index is 0.305. The first kappa shape index (κ1) is 24.6. The first-order valence-electron chi connectivity index (χ1n) is 11.4. The topological polar surface area (TPSA) is 101 Å². The van der Waals surface area contributed by atoms with Crippen molar-refractivity contribution in [2.75, 3.05) is 26.6 Å². The van der Waals surface area contributed by atoms with Crippen LogP contribution in [0.3, 0.4) is 0 Å². The molecule has 186 valence electrons.